The molecule has 3 rings (SSSR count). The summed E-state index contributed by atoms with van der Waals surface area (Å²) in [6.07, 6.45) is 4.97. The molecule has 0 atom stereocenters. The quantitative estimate of drug-likeness (QED) is 0.330. The number of hydrogen-bond donors (Lipinski definition) is 3. The van der Waals surface area contributed by atoms with E-state index in [1.54, 1.807) is 44.7 Å². The van der Waals surface area contributed by atoms with Gasteiger partial charge >= 0.3 is 0 Å². The molecule has 0 spiro atoms. The molecule has 9 heteroatoms. The van der Waals surface area contributed by atoms with Crippen LogP contribution in [0.3, 0.4) is 0 Å². The Morgan fingerprint density at radius 2 is 1.69 bits per heavy atom. The minimum Gasteiger partial charge on any atom is -0.493 e. The molecule has 0 aliphatic carbocycles. The fraction of sp³-hybridized carbons (Fsp3) is 0.217. The van der Waals surface area contributed by atoms with Crippen molar-refractivity contribution in [3.63, 3.8) is 0 Å². The second-order valence-corrected chi connectivity index (χ2v) is 6.82. The molecule has 1 aromatic carbocycles. The van der Waals surface area contributed by atoms with E-state index in [2.05, 4.69) is 31.1 Å². The van der Waals surface area contributed by atoms with Crippen molar-refractivity contribution >= 4 is 29.4 Å². The van der Waals surface area contributed by atoms with Gasteiger partial charge in [-0.2, -0.15) is 0 Å². The van der Waals surface area contributed by atoms with Crippen molar-refractivity contribution in [2.75, 3.05) is 37.9 Å². The second-order valence-electron chi connectivity index (χ2n) is 6.82. The van der Waals surface area contributed by atoms with Gasteiger partial charge in [-0.3, -0.25) is 4.79 Å². The summed E-state index contributed by atoms with van der Waals surface area (Å²) in [7, 11) is 3.15. The number of aryl methyl sites for hydroxylation is 1. The van der Waals surface area contributed by atoms with Crippen LogP contribution in [0.25, 0.3) is 6.08 Å². The normalized spacial score (nSPS) is 10.6. The number of anilines is 3. The smallest absolute Gasteiger partial charge is 0.244 e. The molecule has 2 aromatic heterocycles. The number of nitrogens with one attached hydrogen (secondary N) is 3. The highest BCUT2D eigenvalue weighted by Crippen LogP contribution is 2.27. The Kier molecular flexibility index (Phi) is 7.96. The summed E-state index contributed by atoms with van der Waals surface area (Å²) in [5, 5.41) is 17.2. The maximum absolute atomic E-state index is 12.0. The fourth-order valence-corrected chi connectivity index (χ4v) is 2.73. The van der Waals surface area contributed by atoms with Gasteiger partial charge in [0.2, 0.25) is 5.91 Å². The number of benzene rings is 1. The summed E-state index contributed by atoms with van der Waals surface area (Å²) in [4.78, 5) is 16.3. The third kappa shape index (κ3) is 6.69. The largest absolute Gasteiger partial charge is 0.493 e. The van der Waals surface area contributed by atoms with E-state index in [1.165, 1.54) is 6.08 Å². The highest BCUT2D eigenvalue weighted by Gasteiger charge is 2.04. The first-order chi connectivity index (χ1) is 15.6. The summed E-state index contributed by atoms with van der Waals surface area (Å²) in [6.45, 7) is 2.93. The molecule has 166 valence electrons. The molecule has 0 aliphatic heterocycles. The van der Waals surface area contributed by atoms with Crippen molar-refractivity contribution in [3.8, 4) is 11.5 Å². The molecule has 0 saturated carbocycles. The Morgan fingerprint density at radius 1 is 0.938 bits per heavy atom. The van der Waals surface area contributed by atoms with Gasteiger partial charge in [0.15, 0.2) is 17.3 Å². The van der Waals surface area contributed by atoms with Gasteiger partial charge in [-0.15, -0.1) is 10.2 Å². The van der Waals surface area contributed by atoms with Crippen LogP contribution in [0.4, 0.5) is 17.5 Å². The molecular formula is C23H26N6O3. The van der Waals surface area contributed by atoms with Crippen LogP contribution in [0.2, 0.25) is 0 Å². The Morgan fingerprint density at radius 3 is 2.38 bits per heavy atom. The molecule has 2 heterocycles. The van der Waals surface area contributed by atoms with Crippen LogP contribution in [0.15, 0.2) is 54.7 Å². The summed E-state index contributed by atoms with van der Waals surface area (Å²) in [6, 6.07) is 12.9. The van der Waals surface area contributed by atoms with Crippen LogP contribution in [0.1, 0.15) is 11.1 Å². The Labute approximate surface area is 186 Å². The Bertz CT molecular complexity index is 1050. The standard InChI is InChI=1S/C23H26N6O3/c1-16-4-8-20(26-15-16)27-22-10-9-21(28-29-22)24-12-13-25-23(30)11-6-17-5-7-18(31-2)19(14-17)32-3/h4-11,14-15H,12-13H2,1-3H3,(H,24,28)(H,25,30)(H,26,27,29)/b11-6+. The molecule has 0 fully saturated rings. The van der Waals surface area contributed by atoms with E-state index < -0.39 is 0 Å². The maximum atomic E-state index is 12.0. The monoisotopic (exact) mass is 434 g/mol. The molecular weight excluding hydrogens is 408 g/mol. The lowest BCUT2D eigenvalue weighted by atomic mass is 10.2. The first kappa shape index (κ1) is 22.5. The lowest BCUT2D eigenvalue weighted by Gasteiger charge is -2.08. The van der Waals surface area contributed by atoms with Crippen LogP contribution in [-0.2, 0) is 4.79 Å². The van der Waals surface area contributed by atoms with Gasteiger partial charge < -0.3 is 25.4 Å². The van der Waals surface area contributed by atoms with E-state index in [9.17, 15) is 4.79 Å². The van der Waals surface area contributed by atoms with E-state index >= 15 is 0 Å². The molecule has 0 saturated heterocycles. The lowest BCUT2D eigenvalue weighted by Crippen LogP contribution is -2.27. The predicted octanol–water partition coefficient (Wildman–Crippen LogP) is 3.18. The van der Waals surface area contributed by atoms with Crippen LogP contribution in [-0.4, -0.2) is 48.4 Å². The molecule has 0 aliphatic rings. The Hall–Kier alpha value is -4.14. The number of carbonyl (C=O) groups is 1. The zero-order chi connectivity index (χ0) is 22.8. The van der Waals surface area contributed by atoms with Crippen LogP contribution >= 0.6 is 0 Å². The van der Waals surface area contributed by atoms with E-state index in [4.69, 9.17) is 9.47 Å². The minimum absolute atomic E-state index is 0.196. The molecule has 9 nitrogen and oxygen atoms in total. The number of rotatable bonds is 10. The number of amides is 1. The summed E-state index contributed by atoms with van der Waals surface area (Å²) in [5.41, 5.74) is 1.92. The van der Waals surface area contributed by atoms with Gasteiger partial charge in [-0.05, 0) is 54.5 Å². The number of pyridine rings is 1. The average Bonchev–Trinajstić information content (AvgIpc) is 2.82. The zero-order valence-electron chi connectivity index (χ0n) is 18.3. The highest BCUT2D eigenvalue weighted by molar-refractivity contribution is 5.91. The highest BCUT2D eigenvalue weighted by atomic mass is 16.5. The molecule has 3 aromatic rings. The third-order valence-corrected chi connectivity index (χ3v) is 4.40. The summed E-state index contributed by atoms with van der Waals surface area (Å²) in [5.74, 6) is 2.96. The van der Waals surface area contributed by atoms with E-state index in [-0.39, 0.29) is 5.91 Å². The fourth-order valence-electron chi connectivity index (χ4n) is 2.73. The molecule has 0 unspecified atom stereocenters. The summed E-state index contributed by atoms with van der Waals surface area (Å²) < 4.78 is 10.5. The average molecular weight is 435 g/mol. The molecule has 0 bridgehead atoms. The van der Waals surface area contributed by atoms with Crippen molar-refractivity contribution in [2.45, 2.75) is 6.92 Å². The van der Waals surface area contributed by atoms with E-state index in [1.807, 2.05) is 31.2 Å². The van der Waals surface area contributed by atoms with Gasteiger partial charge in [-0.1, -0.05) is 12.1 Å². The van der Waals surface area contributed by atoms with Gasteiger partial charge in [0.05, 0.1) is 14.2 Å². The van der Waals surface area contributed by atoms with Gasteiger partial charge in [0, 0.05) is 25.4 Å². The van der Waals surface area contributed by atoms with Gasteiger partial charge in [0.25, 0.3) is 0 Å². The lowest BCUT2D eigenvalue weighted by molar-refractivity contribution is -0.116. The third-order valence-electron chi connectivity index (χ3n) is 4.40. The molecule has 0 radical (unpaired) electrons. The Balaban J connectivity index is 1.40. The van der Waals surface area contributed by atoms with Gasteiger partial charge in [0.1, 0.15) is 11.6 Å². The zero-order valence-corrected chi connectivity index (χ0v) is 18.3. The number of hydrogen-bond acceptors (Lipinski definition) is 8. The van der Waals surface area contributed by atoms with Crippen LogP contribution in [0, 0.1) is 6.92 Å². The minimum atomic E-state index is -0.196. The van der Waals surface area contributed by atoms with Crippen molar-refractivity contribution in [3.05, 3.63) is 65.9 Å². The van der Waals surface area contributed by atoms with Crippen LogP contribution in [0.5, 0.6) is 11.5 Å². The van der Waals surface area contributed by atoms with Crippen molar-refractivity contribution in [1.29, 1.82) is 0 Å². The number of nitrogens with zero attached hydrogens (tertiary/aromatic N) is 3. The topological polar surface area (TPSA) is 110 Å². The summed E-state index contributed by atoms with van der Waals surface area (Å²) >= 11 is 0. The van der Waals surface area contributed by atoms with E-state index in [0.29, 0.717) is 42.0 Å². The van der Waals surface area contributed by atoms with Crippen molar-refractivity contribution in [1.82, 2.24) is 20.5 Å². The number of aromatic nitrogens is 3. The van der Waals surface area contributed by atoms with Crippen molar-refractivity contribution < 1.29 is 14.3 Å². The number of methoxy groups -OCH3 is 2. The molecule has 1 amide bonds. The maximum Gasteiger partial charge on any atom is 0.244 e. The SMILES string of the molecule is COc1ccc(/C=C/C(=O)NCCNc2ccc(Nc3ccc(C)cn3)nn2)cc1OC. The molecule has 3 N–H and O–H groups in total. The van der Waals surface area contributed by atoms with Gasteiger partial charge in [-0.25, -0.2) is 4.98 Å². The molecule has 32 heavy (non-hydrogen) atoms. The predicted molar refractivity (Wildman–Crippen MR) is 124 cm³/mol. The van der Waals surface area contributed by atoms with E-state index in [0.717, 1.165) is 11.1 Å². The van der Waals surface area contributed by atoms with Crippen LogP contribution < -0.4 is 25.4 Å². The number of carbonyl (C=O) groups excluding carboxylic acids is 1. The first-order valence-electron chi connectivity index (χ1n) is 10.0. The van der Waals surface area contributed by atoms with Crippen molar-refractivity contribution in [2.24, 2.45) is 0 Å². The second kappa shape index (κ2) is 11.3. The number of ether oxygens (including phenoxy) is 2. The first-order valence-corrected chi connectivity index (χ1v) is 10.0.